The Bertz CT molecular complexity index is 1260. The quantitative estimate of drug-likeness (QED) is 0.160. The molecule has 2 aromatic heterocycles. The summed E-state index contributed by atoms with van der Waals surface area (Å²) in [5.74, 6) is -0.824. The maximum atomic E-state index is 12.5. The van der Waals surface area contributed by atoms with Crippen LogP contribution in [0.5, 0.6) is 0 Å². The Morgan fingerprint density at radius 3 is 2.55 bits per heavy atom. The maximum absolute atomic E-state index is 12.5. The number of hydrogen-bond donors (Lipinski definition) is 2. The van der Waals surface area contributed by atoms with Crippen molar-refractivity contribution in [3.8, 4) is 6.07 Å². The second-order valence-electron chi connectivity index (χ2n) is 10.6. The third-order valence-corrected chi connectivity index (χ3v) is 8.47. The highest BCUT2D eigenvalue weighted by Gasteiger charge is 2.50. The third-order valence-electron chi connectivity index (χ3n) is 6.34. The second kappa shape index (κ2) is 15.7. The number of rotatable bonds is 16. The van der Waals surface area contributed by atoms with E-state index in [0.717, 1.165) is 0 Å². The lowest BCUT2D eigenvalue weighted by Crippen LogP contribution is -2.41. The van der Waals surface area contributed by atoms with Gasteiger partial charge in [-0.15, -0.1) is 0 Å². The number of anilines is 1. The number of nitrogen functional groups attached to an aromatic ring is 1. The molecule has 0 bridgehead atoms. The van der Waals surface area contributed by atoms with Crippen molar-refractivity contribution < 1.29 is 32.8 Å². The van der Waals surface area contributed by atoms with Crippen molar-refractivity contribution >= 4 is 31.6 Å². The molecule has 42 heavy (non-hydrogen) atoms. The highest BCUT2D eigenvalue weighted by Crippen LogP contribution is 2.51. The molecule has 1 fully saturated rings. The molecule has 2 aromatic rings. The molecule has 0 radical (unpaired) electrons. The molecular formula is C26H42N7O8P. The first kappa shape index (κ1) is 33.8. The zero-order chi connectivity index (χ0) is 31.0. The number of aromatic amines is 1. The number of nitrogens with two attached hydrogens (primary N) is 1. The van der Waals surface area contributed by atoms with Gasteiger partial charge in [0.25, 0.3) is 14.1 Å². The first-order valence-corrected chi connectivity index (χ1v) is 15.0. The summed E-state index contributed by atoms with van der Waals surface area (Å²) >= 11 is 0. The van der Waals surface area contributed by atoms with Crippen LogP contribution in [0.25, 0.3) is 11.2 Å². The van der Waals surface area contributed by atoms with Gasteiger partial charge < -0.3 is 33.7 Å². The van der Waals surface area contributed by atoms with E-state index in [1.165, 1.54) is 6.33 Å². The molecule has 1 unspecified atom stereocenters. The Hall–Kier alpha value is -2.70. The predicted octanol–water partition coefficient (Wildman–Crippen LogP) is 2.49. The van der Waals surface area contributed by atoms with Crippen LogP contribution in [0.4, 0.5) is 5.95 Å². The van der Waals surface area contributed by atoms with Gasteiger partial charge in [0.15, 0.2) is 17.4 Å². The number of nitrogens with zero attached hydrogens (tertiary/aromatic N) is 5. The van der Waals surface area contributed by atoms with Gasteiger partial charge >= 0.3 is 5.97 Å². The largest absolute Gasteiger partial charge is 0.463 e. The Balaban J connectivity index is 2.09. The molecule has 0 spiro atoms. The minimum absolute atomic E-state index is 0.0312. The summed E-state index contributed by atoms with van der Waals surface area (Å²) in [4.78, 5) is 35.9. The summed E-state index contributed by atoms with van der Waals surface area (Å²) in [5, 5.41) is 9.15. The lowest BCUT2D eigenvalue weighted by atomic mass is 10.1. The molecule has 0 saturated carbocycles. The van der Waals surface area contributed by atoms with Gasteiger partial charge in [0.1, 0.15) is 24.9 Å². The highest BCUT2D eigenvalue weighted by atomic mass is 31.2. The van der Waals surface area contributed by atoms with Crippen molar-refractivity contribution in [1.29, 1.82) is 5.26 Å². The molecule has 234 valence electrons. The number of nitriles is 1. The number of methoxy groups -OCH3 is 1. The van der Waals surface area contributed by atoms with Gasteiger partial charge in [-0.05, 0) is 27.7 Å². The van der Waals surface area contributed by atoms with Gasteiger partial charge in [0.2, 0.25) is 5.95 Å². The van der Waals surface area contributed by atoms with Crippen molar-refractivity contribution in [1.82, 2.24) is 24.2 Å². The van der Waals surface area contributed by atoms with Crippen molar-refractivity contribution in [3.63, 3.8) is 0 Å². The number of hydrogen-bond acceptors (Lipinski definition) is 13. The lowest BCUT2D eigenvalue weighted by molar-refractivity contribution is -0.154. The van der Waals surface area contributed by atoms with Gasteiger partial charge in [-0.3, -0.25) is 19.1 Å². The smallest absolute Gasteiger partial charge is 0.308 e. The number of imidazole rings is 1. The number of nitrogens with one attached hydrogen (secondary N) is 1. The van der Waals surface area contributed by atoms with Crippen molar-refractivity contribution in [3.05, 3.63) is 16.7 Å². The minimum Gasteiger partial charge on any atom is -0.463 e. The van der Waals surface area contributed by atoms with E-state index in [4.69, 9.17) is 39.0 Å². The topological polar surface area (TPSA) is 189 Å². The van der Waals surface area contributed by atoms with Gasteiger partial charge in [-0.2, -0.15) is 10.2 Å². The number of aromatic nitrogens is 4. The van der Waals surface area contributed by atoms with Crippen LogP contribution < -0.4 is 11.3 Å². The first-order chi connectivity index (χ1) is 20.0. The van der Waals surface area contributed by atoms with Crippen molar-refractivity contribution in [2.45, 2.75) is 84.6 Å². The van der Waals surface area contributed by atoms with E-state index in [1.807, 2.05) is 27.7 Å². The molecule has 0 aromatic carbocycles. The molecule has 15 nitrogen and oxygen atoms in total. The van der Waals surface area contributed by atoms with E-state index >= 15 is 0 Å². The fourth-order valence-electron chi connectivity index (χ4n) is 4.51. The van der Waals surface area contributed by atoms with E-state index < -0.39 is 44.6 Å². The fraction of sp³-hybridized carbons (Fsp3) is 0.731. The van der Waals surface area contributed by atoms with Crippen LogP contribution in [-0.2, 0) is 32.8 Å². The number of carbonyl (C=O) groups excluding carboxylic acids is 1. The molecule has 3 heterocycles. The molecule has 3 N–H and O–H groups in total. The molecule has 1 saturated heterocycles. The summed E-state index contributed by atoms with van der Waals surface area (Å²) < 4.78 is 40.0. The number of carbonyl (C=O) groups is 1. The SMILES string of the molecule is COCCO[C@H]1[C@@H](OP(OCCC#N)N(C(C)C)C(C)C)[C@H](n2cnc3c(=O)[nH]c(N)nc32)O[C@@H]1COC(=O)C(C)C. The second-order valence-corrected chi connectivity index (χ2v) is 12.0. The van der Waals surface area contributed by atoms with Crippen molar-refractivity contribution in [2.75, 3.05) is 39.3 Å². The van der Waals surface area contributed by atoms with E-state index in [9.17, 15) is 9.59 Å². The van der Waals surface area contributed by atoms with Gasteiger partial charge in [0, 0.05) is 19.2 Å². The summed E-state index contributed by atoms with van der Waals surface area (Å²) in [7, 11) is -0.184. The number of esters is 1. The minimum atomic E-state index is -1.74. The molecule has 5 atom stereocenters. The molecule has 1 aliphatic heterocycles. The van der Waals surface area contributed by atoms with E-state index in [-0.39, 0.29) is 61.4 Å². The zero-order valence-electron chi connectivity index (χ0n) is 25.2. The summed E-state index contributed by atoms with van der Waals surface area (Å²) in [6.45, 7) is 12.1. The molecule has 16 heteroatoms. The normalized spacial score (nSPS) is 21.6. The Morgan fingerprint density at radius 2 is 1.93 bits per heavy atom. The van der Waals surface area contributed by atoms with Gasteiger partial charge in [-0.25, -0.2) is 9.65 Å². The lowest BCUT2D eigenvalue weighted by Gasteiger charge is -2.38. The van der Waals surface area contributed by atoms with Crippen molar-refractivity contribution in [2.24, 2.45) is 5.92 Å². The number of fused-ring (bicyclic) bond motifs is 1. The van der Waals surface area contributed by atoms with Crippen LogP contribution in [0.15, 0.2) is 11.1 Å². The standard InChI is InChI=1S/C26H42N7O8P/c1-15(2)25(35)38-13-18-20(37-12-11-36-7)21(41-42(39-10-8-9-27)33(16(3)4)17(5)6)24(40-18)32-14-29-19-22(32)30-26(28)31-23(19)34/h14-18,20-21,24H,8,10-13H2,1-7H3,(H3,28,30,31,34)/t18-,20-,21-,24-,42?/m1/s1. The summed E-state index contributed by atoms with van der Waals surface area (Å²) in [6, 6.07) is 2.16. The summed E-state index contributed by atoms with van der Waals surface area (Å²) in [5.41, 5.74) is 5.61. The Kier molecular flexibility index (Phi) is 12.6. The number of ether oxygens (including phenoxy) is 4. The predicted molar refractivity (Wildman–Crippen MR) is 154 cm³/mol. The van der Waals surface area contributed by atoms with Crippen LogP contribution in [-0.4, -0.2) is 94.1 Å². The fourth-order valence-corrected chi connectivity index (χ4v) is 6.24. The first-order valence-electron chi connectivity index (χ1n) is 13.9. The monoisotopic (exact) mass is 611 g/mol. The van der Waals surface area contributed by atoms with E-state index in [0.29, 0.717) is 6.61 Å². The molecule has 0 aliphatic carbocycles. The van der Waals surface area contributed by atoms with Crippen LogP contribution in [0.2, 0.25) is 0 Å². The van der Waals surface area contributed by atoms with Gasteiger partial charge in [-0.1, -0.05) is 13.8 Å². The average Bonchev–Trinajstić information content (AvgIpc) is 3.48. The van der Waals surface area contributed by atoms with Crippen LogP contribution in [0, 0.1) is 17.2 Å². The molecule has 0 amide bonds. The Morgan fingerprint density at radius 1 is 1.21 bits per heavy atom. The Labute approximate surface area is 246 Å². The van der Waals surface area contributed by atoms with Crippen LogP contribution in [0.1, 0.15) is 54.2 Å². The highest BCUT2D eigenvalue weighted by molar-refractivity contribution is 7.44. The summed E-state index contributed by atoms with van der Waals surface area (Å²) in [6.07, 6.45) is -1.70. The zero-order valence-corrected chi connectivity index (χ0v) is 26.1. The number of H-pyrrole nitrogens is 1. The average molecular weight is 612 g/mol. The van der Waals surface area contributed by atoms with E-state index in [1.54, 1.807) is 25.5 Å². The van der Waals surface area contributed by atoms with E-state index in [2.05, 4.69) is 25.7 Å². The third kappa shape index (κ3) is 8.23. The van der Waals surface area contributed by atoms with Gasteiger partial charge in [0.05, 0.1) is 44.6 Å². The molecule has 3 rings (SSSR count). The maximum Gasteiger partial charge on any atom is 0.308 e. The van der Waals surface area contributed by atoms with Crippen LogP contribution >= 0.6 is 8.53 Å². The van der Waals surface area contributed by atoms with Crippen LogP contribution in [0.3, 0.4) is 0 Å². The molecule has 1 aliphatic rings. The molecular weight excluding hydrogens is 569 g/mol.